The smallest absolute Gasteiger partial charge is 0.246 e. The van der Waals surface area contributed by atoms with Gasteiger partial charge in [0.1, 0.15) is 0 Å². The van der Waals surface area contributed by atoms with Crippen molar-refractivity contribution in [1.29, 1.82) is 0 Å². The molecule has 1 amide bonds. The third kappa shape index (κ3) is 11.4. The maximum absolute atomic E-state index is 11.2. The summed E-state index contributed by atoms with van der Waals surface area (Å²) in [7, 11) is 3.52. The SMILES string of the molecule is CCCCCCCCC/C=C/C=C/C(=O)N(C)C. The van der Waals surface area contributed by atoms with E-state index in [1.54, 1.807) is 25.1 Å². The Balaban J connectivity index is 3.36. The molecule has 2 nitrogen and oxygen atoms in total. The molecule has 0 aromatic carbocycles. The van der Waals surface area contributed by atoms with Crippen LogP contribution in [0.2, 0.25) is 0 Å². The van der Waals surface area contributed by atoms with E-state index in [1.807, 2.05) is 12.2 Å². The van der Waals surface area contributed by atoms with Crippen LogP contribution in [0.5, 0.6) is 0 Å². The molecule has 0 rings (SSSR count). The van der Waals surface area contributed by atoms with Crippen LogP contribution in [0.25, 0.3) is 0 Å². The zero-order valence-corrected chi connectivity index (χ0v) is 12.3. The highest BCUT2D eigenvalue weighted by Gasteiger charge is 1.94. The van der Waals surface area contributed by atoms with Gasteiger partial charge in [0.25, 0.3) is 0 Å². The van der Waals surface area contributed by atoms with Crippen LogP contribution in [0, 0.1) is 0 Å². The molecular formula is C16H29NO. The molecule has 0 aliphatic rings. The molecule has 0 N–H and O–H groups in total. The summed E-state index contributed by atoms with van der Waals surface area (Å²) in [6, 6.07) is 0. The molecule has 0 unspecified atom stereocenters. The lowest BCUT2D eigenvalue weighted by Gasteiger charge is -2.04. The number of rotatable bonds is 10. The van der Waals surface area contributed by atoms with Gasteiger partial charge in [-0.3, -0.25) is 4.79 Å². The van der Waals surface area contributed by atoms with E-state index in [2.05, 4.69) is 13.0 Å². The first-order valence-electron chi connectivity index (χ1n) is 7.23. The van der Waals surface area contributed by atoms with E-state index < -0.39 is 0 Å². The van der Waals surface area contributed by atoms with Gasteiger partial charge in [-0.2, -0.15) is 0 Å². The van der Waals surface area contributed by atoms with Crippen molar-refractivity contribution < 1.29 is 4.79 Å². The lowest BCUT2D eigenvalue weighted by atomic mass is 10.1. The predicted octanol–water partition coefficient (Wildman–Crippen LogP) is 4.33. The number of carbonyl (C=O) groups is 1. The minimum Gasteiger partial charge on any atom is -0.345 e. The monoisotopic (exact) mass is 251 g/mol. The molecule has 0 atom stereocenters. The van der Waals surface area contributed by atoms with Gasteiger partial charge in [0.15, 0.2) is 0 Å². The largest absolute Gasteiger partial charge is 0.345 e. The van der Waals surface area contributed by atoms with E-state index in [-0.39, 0.29) is 5.91 Å². The molecule has 0 aliphatic carbocycles. The van der Waals surface area contributed by atoms with Crippen molar-refractivity contribution in [3.8, 4) is 0 Å². The summed E-state index contributed by atoms with van der Waals surface area (Å²) in [4.78, 5) is 12.8. The molecule has 0 fully saturated rings. The summed E-state index contributed by atoms with van der Waals surface area (Å²) in [5.41, 5.74) is 0. The van der Waals surface area contributed by atoms with Gasteiger partial charge in [0.2, 0.25) is 5.91 Å². The summed E-state index contributed by atoms with van der Waals surface area (Å²) in [5.74, 6) is 0.0376. The fraction of sp³-hybridized carbons (Fsp3) is 0.688. The third-order valence-corrected chi connectivity index (χ3v) is 2.90. The highest BCUT2D eigenvalue weighted by atomic mass is 16.2. The average Bonchev–Trinajstić information content (AvgIpc) is 2.35. The van der Waals surface area contributed by atoms with Crippen LogP contribution in [0.3, 0.4) is 0 Å². The zero-order valence-electron chi connectivity index (χ0n) is 12.3. The van der Waals surface area contributed by atoms with Crippen molar-refractivity contribution in [2.75, 3.05) is 14.1 Å². The van der Waals surface area contributed by atoms with Crippen LogP contribution in [0.4, 0.5) is 0 Å². The fourth-order valence-electron chi connectivity index (χ4n) is 1.68. The van der Waals surface area contributed by atoms with E-state index >= 15 is 0 Å². The summed E-state index contributed by atoms with van der Waals surface area (Å²) in [6.45, 7) is 2.25. The Kier molecular flexibility index (Phi) is 11.7. The summed E-state index contributed by atoms with van der Waals surface area (Å²) in [5, 5.41) is 0. The average molecular weight is 251 g/mol. The Morgan fingerprint density at radius 2 is 1.56 bits per heavy atom. The number of unbranched alkanes of at least 4 members (excludes halogenated alkanes) is 7. The molecule has 2 heteroatoms. The molecule has 0 aromatic rings. The van der Waals surface area contributed by atoms with Crippen molar-refractivity contribution >= 4 is 5.91 Å². The van der Waals surface area contributed by atoms with Gasteiger partial charge >= 0.3 is 0 Å². The van der Waals surface area contributed by atoms with Crippen molar-refractivity contribution in [3.05, 3.63) is 24.3 Å². The Labute approximate surface area is 113 Å². The first kappa shape index (κ1) is 16.9. The summed E-state index contributed by atoms with van der Waals surface area (Å²) < 4.78 is 0. The summed E-state index contributed by atoms with van der Waals surface area (Å²) >= 11 is 0. The van der Waals surface area contributed by atoms with Crippen molar-refractivity contribution in [1.82, 2.24) is 4.90 Å². The number of likely N-dealkylation sites (N-methyl/N-ethyl adjacent to an activating group) is 1. The molecule has 0 aliphatic heterocycles. The fourth-order valence-corrected chi connectivity index (χ4v) is 1.68. The predicted molar refractivity (Wildman–Crippen MR) is 79.6 cm³/mol. The lowest BCUT2D eigenvalue weighted by molar-refractivity contribution is -0.123. The zero-order chi connectivity index (χ0) is 13.6. The minimum absolute atomic E-state index is 0.0376. The second-order valence-electron chi connectivity index (χ2n) is 4.93. The van der Waals surface area contributed by atoms with Crippen LogP contribution in [-0.4, -0.2) is 24.9 Å². The van der Waals surface area contributed by atoms with E-state index in [0.717, 1.165) is 6.42 Å². The van der Waals surface area contributed by atoms with Crippen molar-refractivity contribution in [2.24, 2.45) is 0 Å². The van der Waals surface area contributed by atoms with Crippen LogP contribution < -0.4 is 0 Å². The van der Waals surface area contributed by atoms with Crippen molar-refractivity contribution in [3.63, 3.8) is 0 Å². The number of amides is 1. The molecule has 0 aromatic heterocycles. The molecule has 18 heavy (non-hydrogen) atoms. The number of carbonyl (C=O) groups excluding carboxylic acids is 1. The third-order valence-electron chi connectivity index (χ3n) is 2.90. The van der Waals surface area contributed by atoms with E-state index in [1.165, 1.54) is 44.9 Å². The van der Waals surface area contributed by atoms with Gasteiger partial charge in [-0.05, 0) is 12.8 Å². The number of allylic oxidation sites excluding steroid dienone is 3. The van der Waals surface area contributed by atoms with Crippen LogP contribution in [-0.2, 0) is 4.79 Å². The summed E-state index contributed by atoms with van der Waals surface area (Å²) in [6.07, 6.45) is 18.1. The maximum Gasteiger partial charge on any atom is 0.246 e. The van der Waals surface area contributed by atoms with Crippen LogP contribution in [0.1, 0.15) is 58.3 Å². The van der Waals surface area contributed by atoms with Crippen LogP contribution >= 0.6 is 0 Å². The molecule has 0 radical (unpaired) electrons. The number of hydrogen-bond acceptors (Lipinski definition) is 1. The molecule has 104 valence electrons. The van der Waals surface area contributed by atoms with Gasteiger partial charge < -0.3 is 4.90 Å². The standard InChI is InChI=1S/C16H29NO/c1-4-5-6-7-8-9-10-11-12-13-14-15-16(18)17(2)3/h12-15H,4-11H2,1-3H3/b13-12+,15-14+. The normalized spacial score (nSPS) is 11.5. The molecular weight excluding hydrogens is 222 g/mol. The highest BCUT2D eigenvalue weighted by Crippen LogP contribution is 2.08. The van der Waals surface area contributed by atoms with E-state index in [4.69, 9.17) is 0 Å². The molecule has 0 bridgehead atoms. The molecule has 0 spiro atoms. The first-order valence-corrected chi connectivity index (χ1v) is 7.23. The van der Waals surface area contributed by atoms with Gasteiger partial charge in [-0.25, -0.2) is 0 Å². The Hall–Kier alpha value is -1.05. The van der Waals surface area contributed by atoms with E-state index in [0.29, 0.717) is 0 Å². The minimum atomic E-state index is 0.0376. The Bertz CT molecular complexity index is 254. The highest BCUT2D eigenvalue weighted by molar-refractivity contribution is 5.87. The van der Waals surface area contributed by atoms with Gasteiger partial charge in [0.05, 0.1) is 0 Å². The first-order chi connectivity index (χ1) is 8.68. The second kappa shape index (κ2) is 12.4. The van der Waals surface area contributed by atoms with Gasteiger partial charge in [-0.15, -0.1) is 0 Å². The lowest BCUT2D eigenvalue weighted by Crippen LogP contribution is -2.18. The number of hydrogen-bond donors (Lipinski definition) is 0. The topological polar surface area (TPSA) is 20.3 Å². The number of nitrogens with zero attached hydrogens (tertiary/aromatic N) is 1. The van der Waals surface area contributed by atoms with E-state index in [9.17, 15) is 4.79 Å². The Morgan fingerprint density at radius 1 is 0.944 bits per heavy atom. The van der Waals surface area contributed by atoms with Gasteiger partial charge in [-0.1, -0.05) is 63.7 Å². The molecule has 0 heterocycles. The maximum atomic E-state index is 11.2. The second-order valence-corrected chi connectivity index (χ2v) is 4.93. The van der Waals surface area contributed by atoms with Crippen molar-refractivity contribution in [2.45, 2.75) is 58.3 Å². The van der Waals surface area contributed by atoms with Gasteiger partial charge in [0, 0.05) is 20.2 Å². The van der Waals surface area contributed by atoms with Crippen LogP contribution in [0.15, 0.2) is 24.3 Å². The quantitative estimate of drug-likeness (QED) is 0.321. The molecule has 0 saturated carbocycles. The molecule has 0 saturated heterocycles. The Morgan fingerprint density at radius 3 is 2.17 bits per heavy atom.